The molecule has 1 amide bonds. The molecular formula is C17H21NO2S. The summed E-state index contributed by atoms with van der Waals surface area (Å²) in [5, 5.41) is 12.0. The summed E-state index contributed by atoms with van der Waals surface area (Å²) in [4.78, 5) is 14.6. The molecular weight excluding hydrogens is 282 g/mol. The van der Waals surface area contributed by atoms with Crippen LogP contribution in [0, 0.1) is 6.92 Å². The number of rotatable bonds is 6. The molecule has 0 saturated carbocycles. The minimum atomic E-state index is -0.599. The monoisotopic (exact) mass is 303 g/mol. The van der Waals surface area contributed by atoms with Crippen LogP contribution < -0.4 is 0 Å². The van der Waals surface area contributed by atoms with Crippen molar-refractivity contribution in [1.29, 1.82) is 0 Å². The van der Waals surface area contributed by atoms with Gasteiger partial charge in [0.25, 0.3) is 0 Å². The van der Waals surface area contributed by atoms with Crippen molar-refractivity contribution in [2.24, 2.45) is 0 Å². The molecule has 2 aromatic rings. The fourth-order valence-corrected chi connectivity index (χ4v) is 2.94. The third kappa shape index (κ3) is 4.69. The summed E-state index contributed by atoms with van der Waals surface area (Å²) < 4.78 is 0. The van der Waals surface area contributed by atoms with Crippen LogP contribution in [0.1, 0.15) is 28.5 Å². The second-order valence-electron chi connectivity index (χ2n) is 5.29. The number of benzene rings is 1. The predicted molar refractivity (Wildman–Crippen MR) is 86.4 cm³/mol. The SMILES string of the molecule is Cc1cccc(CCC(=O)N(C)CC(O)c2cccs2)c1. The molecule has 1 aromatic carbocycles. The average Bonchev–Trinajstić information content (AvgIpc) is 2.99. The maximum atomic E-state index is 12.1. The van der Waals surface area contributed by atoms with Crippen LogP contribution in [0.5, 0.6) is 0 Å². The predicted octanol–water partition coefficient (Wildman–Crippen LogP) is 3.18. The van der Waals surface area contributed by atoms with Gasteiger partial charge in [0.05, 0.1) is 6.54 Å². The molecule has 1 N–H and O–H groups in total. The third-order valence-corrected chi connectivity index (χ3v) is 4.43. The number of carbonyl (C=O) groups excluding carboxylic acids is 1. The van der Waals surface area contributed by atoms with Crippen molar-refractivity contribution in [2.75, 3.05) is 13.6 Å². The Morgan fingerprint density at radius 3 is 2.81 bits per heavy atom. The van der Waals surface area contributed by atoms with Crippen LogP contribution in [0.3, 0.4) is 0 Å². The van der Waals surface area contributed by atoms with Gasteiger partial charge in [-0.15, -0.1) is 11.3 Å². The second kappa shape index (κ2) is 7.38. The molecule has 0 bridgehead atoms. The maximum Gasteiger partial charge on any atom is 0.222 e. The first-order chi connectivity index (χ1) is 10.1. The number of likely N-dealkylation sites (N-methyl/N-ethyl adjacent to an activating group) is 1. The molecule has 21 heavy (non-hydrogen) atoms. The Bertz CT molecular complexity index is 580. The summed E-state index contributed by atoms with van der Waals surface area (Å²) in [5.74, 6) is 0.0621. The van der Waals surface area contributed by atoms with E-state index in [0.29, 0.717) is 13.0 Å². The lowest BCUT2D eigenvalue weighted by Crippen LogP contribution is -2.31. The molecule has 4 heteroatoms. The molecule has 0 aliphatic carbocycles. The Labute approximate surface area is 129 Å². The highest BCUT2D eigenvalue weighted by Gasteiger charge is 2.15. The van der Waals surface area contributed by atoms with Gasteiger partial charge in [0.2, 0.25) is 5.91 Å². The van der Waals surface area contributed by atoms with Crippen LogP contribution in [0.2, 0.25) is 0 Å². The van der Waals surface area contributed by atoms with Crippen molar-refractivity contribution in [1.82, 2.24) is 4.90 Å². The van der Waals surface area contributed by atoms with Crippen LogP contribution in [0.25, 0.3) is 0 Å². The van der Waals surface area contributed by atoms with E-state index in [9.17, 15) is 9.90 Å². The molecule has 0 saturated heterocycles. The molecule has 1 aromatic heterocycles. The summed E-state index contributed by atoms with van der Waals surface area (Å²) in [5.41, 5.74) is 2.39. The number of amides is 1. The van der Waals surface area contributed by atoms with Gasteiger partial charge >= 0.3 is 0 Å². The molecule has 2 rings (SSSR count). The summed E-state index contributed by atoms with van der Waals surface area (Å²) in [7, 11) is 1.75. The Kier molecular flexibility index (Phi) is 5.53. The summed E-state index contributed by atoms with van der Waals surface area (Å²) in [6.07, 6.45) is 0.606. The number of carbonyl (C=O) groups is 1. The number of aliphatic hydroxyl groups excluding tert-OH is 1. The zero-order valence-corrected chi connectivity index (χ0v) is 13.3. The quantitative estimate of drug-likeness (QED) is 0.890. The molecule has 1 unspecified atom stereocenters. The topological polar surface area (TPSA) is 40.5 Å². The Morgan fingerprint density at radius 1 is 1.33 bits per heavy atom. The van der Waals surface area contributed by atoms with E-state index in [0.717, 1.165) is 11.3 Å². The van der Waals surface area contributed by atoms with E-state index in [-0.39, 0.29) is 5.91 Å². The number of aryl methyl sites for hydroxylation is 2. The molecule has 0 aliphatic heterocycles. The minimum absolute atomic E-state index is 0.0621. The number of hydrogen-bond donors (Lipinski definition) is 1. The highest BCUT2D eigenvalue weighted by Crippen LogP contribution is 2.19. The Morgan fingerprint density at radius 2 is 2.14 bits per heavy atom. The van der Waals surface area contributed by atoms with E-state index >= 15 is 0 Å². The molecule has 1 heterocycles. The molecule has 1 atom stereocenters. The van der Waals surface area contributed by atoms with Gasteiger partial charge in [-0.1, -0.05) is 35.9 Å². The normalized spacial score (nSPS) is 12.1. The van der Waals surface area contributed by atoms with E-state index in [1.807, 2.05) is 29.6 Å². The molecule has 0 fully saturated rings. The highest BCUT2D eigenvalue weighted by atomic mass is 32.1. The van der Waals surface area contributed by atoms with Gasteiger partial charge in [0, 0.05) is 18.3 Å². The third-order valence-electron chi connectivity index (χ3n) is 3.45. The van der Waals surface area contributed by atoms with Crippen molar-refractivity contribution in [2.45, 2.75) is 25.9 Å². The lowest BCUT2D eigenvalue weighted by Gasteiger charge is -2.20. The van der Waals surface area contributed by atoms with Crippen molar-refractivity contribution >= 4 is 17.2 Å². The summed E-state index contributed by atoms with van der Waals surface area (Å²) in [6, 6.07) is 12.0. The first kappa shape index (κ1) is 15.7. The van der Waals surface area contributed by atoms with Crippen molar-refractivity contribution < 1.29 is 9.90 Å². The summed E-state index contributed by atoms with van der Waals surface area (Å²) >= 11 is 1.51. The van der Waals surface area contributed by atoms with Gasteiger partial charge in [-0.05, 0) is 30.4 Å². The Balaban J connectivity index is 1.82. The van der Waals surface area contributed by atoms with Crippen LogP contribution in [-0.2, 0) is 11.2 Å². The lowest BCUT2D eigenvalue weighted by molar-refractivity contribution is -0.131. The second-order valence-corrected chi connectivity index (χ2v) is 6.27. The van der Waals surface area contributed by atoms with Gasteiger partial charge in [-0.25, -0.2) is 0 Å². The minimum Gasteiger partial charge on any atom is -0.386 e. The van der Waals surface area contributed by atoms with Crippen LogP contribution in [-0.4, -0.2) is 29.5 Å². The van der Waals surface area contributed by atoms with Crippen molar-refractivity contribution in [3.63, 3.8) is 0 Å². The van der Waals surface area contributed by atoms with E-state index in [1.165, 1.54) is 22.5 Å². The fraction of sp³-hybridized carbons (Fsp3) is 0.353. The number of thiophene rings is 1. The first-order valence-corrected chi connectivity index (χ1v) is 7.95. The highest BCUT2D eigenvalue weighted by molar-refractivity contribution is 7.10. The van der Waals surface area contributed by atoms with Crippen molar-refractivity contribution in [3.05, 3.63) is 57.8 Å². The molecule has 3 nitrogen and oxygen atoms in total. The molecule has 112 valence electrons. The van der Waals surface area contributed by atoms with E-state index in [2.05, 4.69) is 19.1 Å². The number of aliphatic hydroxyl groups is 1. The van der Waals surface area contributed by atoms with Crippen LogP contribution in [0.15, 0.2) is 41.8 Å². The largest absolute Gasteiger partial charge is 0.386 e. The molecule has 0 radical (unpaired) electrons. The van der Waals surface area contributed by atoms with Gasteiger partial charge in [-0.2, -0.15) is 0 Å². The average molecular weight is 303 g/mol. The molecule has 0 aliphatic rings. The molecule has 0 spiro atoms. The summed E-state index contributed by atoms with van der Waals surface area (Å²) in [6.45, 7) is 2.39. The zero-order valence-electron chi connectivity index (χ0n) is 12.5. The van der Waals surface area contributed by atoms with Crippen molar-refractivity contribution in [3.8, 4) is 0 Å². The fourth-order valence-electron chi connectivity index (χ4n) is 2.24. The number of nitrogens with zero attached hydrogens (tertiary/aromatic N) is 1. The lowest BCUT2D eigenvalue weighted by atomic mass is 10.1. The van der Waals surface area contributed by atoms with Gasteiger partial charge < -0.3 is 10.0 Å². The zero-order chi connectivity index (χ0) is 15.2. The maximum absolute atomic E-state index is 12.1. The Hall–Kier alpha value is -1.65. The van der Waals surface area contributed by atoms with Crippen LogP contribution in [0.4, 0.5) is 0 Å². The van der Waals surface area contributed by atoms with E-state index in [4.69, 9.17) is 0 Å². The standard InChI is InChI=1S/C17H21NO2S/c1-13-5-3-6-14(11-13)8-9-17(20)18(2)12-15(19)16-7-4-10-21-16/h3-7,10-11,15,19H,8-9,12H2,1-2H3. The smallest absolute Gasteiger partial charge is 0.222 e. The van der Waals surface area contributed by atoms with E-state index in [1.54, 1.807) is 11.9 Å². The van der Waals surface area contributed by atoms with Gasteiger partial charge in [0.15, 0.2) is 0 Å². The first-order valence-electron chi connectivity index (χ1n) is 7.07. The van der Waals surface area contributed by atoms with Gasteiger partial charge in [0.1, 0.15) is 6.10 Å². The van der Waals surface area contributed by atoms with Crippen LogP contribution >= 0.6 is 11.3 Å². The number of hydrogen-bond acceptors (Lipinski definition) is 3. The van der Waals surface area contributed by atoms with Gasteiger partial charge in [-0.3, -0.25) is 4.79 Å². The van der Waals surface area contributed by atoms with E-state index < -0.39 is 6.10 Å².